The first-order valence-corrected chi connectivity index (χ1v) is 12.6. The van der Waals surface area contributed by atoms with Gasteiger partial charge in [0.25, 0.3) is 5.91 Å². The number of fused-ring (bicyclic) bond motifs is 1. The number of carbonyl (C=O) groups is 2. The number of hydrogen-bond donors (Lipinski definition) is 0. The molecule has 1 amide bonds. The Labute approximate surface area is 215 Å². The lowest BCUT2D eigenvalue weighted by molar-refractivity contribution is -0.131. The molecule has 178 valence electrons. The van der Waals surface area contributed by atoms with Gasteiger partial charge >= 0.3 is 0 Å². The van der Waals surface area contributed by atoms with Gasteiger partial charge in [-0.05, 0) is 47.0 Å². The van der Waals surface area contributed by atoms with Crippen LogP contribution in [0, 0.1) is 5.41 Å². The maximum absolute atomic E-state index is 14.6. The van der Waals surface area contributed by atoms with Gasteiger partial charge in [-0.15, -0.1) is 0 Å². The van der Waals surface area contributed by atoms with E-state index < -0.39 is 11.3 Å². The number of hydrogen-bond acceptors (Lipinski definition) is 3. The summed E-state index contributed by atoms with van der Waals surface area (Å²) in [5.74, 6) is -0.771. The van der Waals surface area contributed by atoms with E-state index in [1.165, 1.54) is 5.01 Å². The van der Waals surface area contributed by atoms with Crippen molar-refractivity contribution < 1.29 is 9.59 Å². The Balaban J connectivity index is 1.59. The number of anilines is 1. The molecular formula is C31H25ClN2O2. The van der Waals surface area contributed by atoms with Crippen molar-refractivity contribution in [2.24, 2.45) is 10.5 Å². The second kappa shape index (κ2) is 8.72. The van der Waals surface area contributed by atoms with Gasteiger partial charge in [0.1, 0.15) is 11.2 Å². The maximum atomic E-state index is 14.6. The van der Waals surface area contributed by atoms with E-state index in [2.05, 4.69) is 30.3 Å². The summed E-state index contributed by atoms with van der Waals surface area (Å²) < 4.78 is 0. The minimum atomic E-state index is -1.03. The number of rotatable bonds is 3. The Kier molecular flexibility index (Phi) is 5.50. The van der Waals surface area contributed by atoms with Gasteiger partial charge in [0.2, 0.25) is 0 Å². The summed E-state index contributed by atoms with van der Waals surface area (Å²) in [6.07, 6.45) is 0.523. The second-order valence-corrected chi connectivity index (χ2v) is 10.1. The van der Waals surface area contributed by atoms with Crippen LogP contribution in [0.1, 0.15) is 42.7 Å². The van der Waals surface area contributed by atoms with Crippen molar-refractivity contribution in [3.63, 3.8) is 0 Å². The third kappa shape index (κ3) is 3.40. The maximum Gasteiger partial charge on any atom is 0.260 e. The smallest absolute Gasteiger partial charge is 0.260 e. The first-order chi connectivity index (χ1) is 17.5. The first-order valence-electron chi connectivity index (χ1n) is 12.2. The van der Waals surface area contributed by atoms with Gasteiger partial charge in [-0.3, -0.25) is 9.59 Å². The molecule has 1 aliphatic carbocycles. The number of hydrazone groups is 1. The topological polar surface area (TPSA) is 49.7 Å². The molecule has 0 N–H and O–H groups in total. The van der Waals surface area contributed by atoms with Gasteiger partial charge in [0, 0.05) is 29.7 Å². The van der Waals surface area contributed by atoms with E-state index in [0.29, 0.717) is 16.4 Å². The zero-order valence-corrected chi connectivity index (χ0v) is 20.7. The summed E-state index contributed by atoms with van der Waals surface area (Å²) in [5.41, 5.74) is 2.18. The number of amides is 1. The van der Waals surface area contributed by atoms with E-state index in [1.807, 2.05) is 73.7 Å². The molecule has 2 aliphatic rings. The van der Waals surface area contributed by atoms with Gasteiger partial charge in [-0.2, -0.15) is 10.1 Å². The van der Waals surface area contributed by atoms with E-state index in [9.17, 15) is 9.59 Å². The molecular weight excluding hydrogens is 468 g/mol. The monoisotopic (exact) mass is 492 g/mol. The number of Topliss-reactive ketones (excluding diaryl/α,β-unsaturated/α-hetero) is 1. The van der Waals surface area contributed by atoms with E-state index in [-0.39, 0.29) is 30.4 Å². The van der Waals surface area contributed by atoms with Gasteiger partial charge in [-0.1, -0.05) is 90.5 Å². The highest BCUT2D eigenvalue weighted by Gasteiger charge is 2.62. The van der Waals surface area contributed by atoms with Gasteiger partial charge in [0.05, 0.1) is 11.4 Å². The zero-order chi connectivity index (χ0) is 24.9. The highest BCUT2D eigenvalue weighted by molar-refractivity contribution is 6.31. The van der Waals surface area contributed by atoms with Crippen molar-refractivity contribution in [2.45, 2.75) is 31.6 Å². The predicted octanol–water partition coefficient (Wildman–Crippen LogP) is 7.13. The third-order valence-electron chi connectivity index (χ3n) is 7.82. The van der Waals surface area contributed by atoms with Crippen LogP contribution in [0.25, 0.3) is 10.8 Å². The number of para-hydroxylation sites is 1. The Bertz CT molecular complexity index is 1530. The zero-order valence-electron chi connectivity index (χ0n) is 19.9. The first kappa shape index (κ1) is 22.7. The number of nitrogens with zero attached hydrogens (tertiary/aromatic N) is 2. The van der Waals surface area contributed by atoms with Gasteiger partial charge in [0.15, 0.2) is 0 Å². The molecule has 0 saturated heterocycles. The van der Waals surface area contributed by atoms with Crippen LogP contribution in [0.2, 0.25) is 5.02 Å². The van der Waals surface area contributed by atoms with Crippen LogP contribution in [0.4, 0.5) is 5.69 Å². The van der Waals surface area contributed by atoms with E-state index >= 15 is 0 Å². The number of benzene rings is 4. The van der Waals surface area contributed by atoms with E-state index in [4.69, 9.17) is 16.7 Å². The molecule has 1 saturated carbocycles. The fourth-order valence-corrected chi connectivity index (χ4v) is 6.44. The Morgan fingerprint density at radius 2 is 1.47 bits per heavy atom. The summed E-state index contributed by atoms with van der Waals surface area (Å²) in [5, 5.41) is 9.11. The Morgan fingerprint density at radius 3 is 2.25 bits per heavy atom. The molecule has 0 aromatic heterocycles. The van der Waals surface area contributed by atoms with E-state index in [0.717, 1.165) is 21.9 Å². The second-order valence-electron chi connectivity index (χ2n) is 9.69. The molecule has 0 bridgehead atoms. The van der Waals surface area contributed by atoms with Crippen LogP contribution in [-0.4, -0.2) is 17.4 Å². The standard InChI is InChI=1S/C31H25ClN2O2/c1-20-31(30(36)34(33-20)24-11-3-2-4-12-24)27(23-16-15-21-9-5-6-10-22(21)17-23)18-25(35)19-28(31)26-13-7-8-14-29(26)32/h2-17,27-28H,18-19H2,1H3/t27-,28-,31-/m0/s1. The van der Waals surface area contributed by atoms with Crippen molar-refractivity contribution in [2.75, 3.05) is 5.01 Å². The number of carbonyl (C=O) groups excluding carboxylic acids is 2. The molecule has 1 heterocycles. The van der Waals surface area contributed by atoms with Crippen molar-refractivity contribution in [1.82, 2.24) is 0 Å². The van der Waals surface area contributed by atoms with Gasteiger partial charge in [-0.25, -0.2) is 0 Å². The highest BCUT2D eigenvalue weighted by Crippen LogP contribution is 2.59. The molecule has 1 fully saturated rings. The van der Waals surface area contributed by atoms with Crippen molar-refractivity contribution in [3.8, 4) is 0 Å². The van der Waals surface area contributed by atoms with Crippen LogP contribution < -0.4 is 5.01 Å². The van der Waals surface area contributed by atoms with Crippen LogP contribution in [0.3, 0.4) is 0 Å². The highest BCUT2D eigenvalue weighted by atomic mass is 35.5. The van der Waals surface area contributed by atoms with Crippen LogP contribution in [-0.2, 0) is 9.59 Å². The molecule has 0 unspecified atom stereocenters. The molecule has 4 nitrogen and oxygen atoms in total. The van der Waals surface area contributed by atoms with E-state index in [1.54, 1.807) is 0 Å². The molecule has 4 aromatic carbocycles. The molecule has 4 aromatic rings. The molecule has 0 radical (unpaired) electrons. The minimum Gasteiger partial charge on any atom is -0.300 e. The molecule has 1 spiro atoms. The average molecular weight is 493 g/mol. The van der Waals surface area contributed by atoms with Crippen LogP contribution in [0.15, 0.2) is 102 Å². The lowest BCUT2D eigenvalue weighted by atomic mass is 9.54. The molecule has 3 atom stereocenters. The molecule has 1 aliphatic heterocycles. The Morgan fingerprint density at radius 1 is 0.806 bits per heavy atom. The van der Waals surface area contributed by atoms with Crippen LogP contribution in [0.5, 0.6) is 0 Å². The molecule has 6 rings (SSSR count). The van der Waals surface area contributed by atoms with Crippen molar-refractivity contribution >= 4 is 45.5 Å². The summed E-state index contributed by atoms with van der Waals surface area (Å²) >= 11 is 6.71. The normalized spacial score (nSPS) is 23.9. The summed E-state index contributed by atoms with van der Waals surface area (Å²) in [6, 6.07) is 31.4. The van der Waals surface area contributed by atoms with Crippen molar-refractivity contribution in [3.05, 3.63) is 113 Å². The lowest BCUT2D eigenvalue weighted by Crippen LogP contribution is -2.52. The summed E-state index contributed by atoms with van der Waals surface area (Å²) in [4.78, 5) is 27.9. The molecule has 36 heavy (non-hydrogen) atoms. The number of halogens is 1. The third-order valence-corrected chi connectivity index (χ3v) is 8.16. The minimum absolute atomic E-state index is 0.109. The quantitative estimate of drug-likeness (QED) is 0.305. The predicted molar refractivity (Wildman–Crippen MR) is 145 cm³/mol. The molecule has 5 heteroatoms. The summed E-state index contributed by atoms with van der Waals surface area (Å²) in [6.45, 7) is 1.93. The van der Waals surface area contributed by atoms with Gasteiger partial charge < -0.3 is 0 Å². The van der Waals surface area contributed by atoms with Crippen LogP contribution >= 0.6 is 11.6 Å². The largest absolute Gasteiger partial charge is 0.300 e. The average Bonchev–Trinajstić information content (AvgIpc) is 3.16. The fourth-order valence-electron chi connectivity index (χ4n) is 6.18. The van der Waals surface area contributed by atoms with Crippen molar-refractivity contribution in [1.29, 1.82) is 0 Å². The fraction of sp³-hybridized carbons (Fsp3) is 0.194. The SMILES string of the molecule is CC1=NN(c2ccccc2)C(=O)[C@]12[C@H](c1ccc3ccccc3c1)CC(=O)C[C@H]2c1ccccc1Cl. The Hall–Kier alpha value is -3.76. The summed E-state index contributed by atoms with van der Waals surface area (Å²) in [7, 11) is 0. The lowest BCUT2D eigenvalue weighted by Gasteiger charge is -2.46. The number of ketones is 1.